The Morgan fingerprint density at radius 1 is 1.36 bits per heavy atom. The predicted octanol–water partition coefficient (Wildman–Crippen LogP) is -4.34. The average molecular weight is 655 g/mol. The van der Waals surface area contributed by atoms with Gasteiger partial charge in [-0.25, -0.2) is 23.6 Å². The van der Waals surface area contributed by atoms with E-state index in [4.69, 9.17) is 24.3 Å². The van der Waals surface area contributed by atoms with Crippen LogP contribution >= 0.6 is 7.82 Å². The standard InChI is InChI=1S/C23H35N4O16P/c1-10-25-16(24)3-4-27(10)21-19(34)18(33)15(41-21)9-40-44(38,39)43-23(22(35)36)6-13(30)12(5-11(29)7-26(2)37)20(42-23)17(32)14(31)8-28/h3-4,7,12-15,17-21,28,30-34H,1,5-6,8-9H2,2H3,(H2,24,25)(H,35,36)(H,38,39)/b26-7+/t12?,13?,14-,15-,17-,18+,19?,20?,21-,23?/m1/s1. The molecule has 2 saturated heterocycles. The van der Waals surface area contributed by atoms with Crippen LogP contribution in [-0.2, 0) is 32.7 Å². The van der Waals surface area contributed by atoms with E-state index in [0.717, 1.165) is 7.05 Å². The number of carbonyl (C=O) groups is 2. The fraction of sp³-hybridized carbons (Fsp3) is 0.652. The number of aliphatic hydroxyl groups excluding tert-OH is 6. The Morgan fingerprint density at radius 2 is 2.02 bits per heavy atom. The lowest BCUT2D eigenvalue weighted by molar-refractivity contribution is -0.416. The largest absolute Gasteiger partial charge is 0.624 e. The van der Waals surface area contributed by atoms with Gasteiger partial charge in [-0.1, -0.05) is 6.58 Å². The number of aliphatic imine (C=N–C) groups is 1. The molecule has 0 saturated carbocycles. The minimum Gasteiger partial charge on any atom is -0.624 e. The zero-order valence-corrected chi connectivity index (χ0v) is 24.1. The van der Waals surface area contributed by atoms with Crippen LogP contribution in [0.2, 0.25) is 0 Å². The van der Waals surface area contributed by atoms with Crippen molar-refractivity contribution >= 4 is 31.6 Å². The van der Waals surface area contributed by atoms with E-state index in [9.17, 15) is 60.0 Å². The number of aliphatic hydroxyl groups is 6. The molecule has 10 N–H and O–H groups in total. The fourth-order valence-electron chi connectivity index (χ4n) is 4.82. The first-order valence-electron chi connectivity index (χ1n) is 12.9. The molecule has 3 aliphatic rings. The third kappa shape index (κ3) is 8.05. The van der Waals surface area contributed by atoms with Crippen LogP contribution in [0.4, 0.5) is 0 Å². The minimum absolute atomic E-state index is 0.0383. The van der Waals surface area contributed by atoms with Crippen molar-refractivity contribution in [2.75, 3.05) is 20.3 Å². The van der Waals surface area contributed by atoms with Gasteiger partial charge in [0.2, 0.25) is 12.0 Å². The molecule has 44 heavy (non-hydrogen) atoms. The SMILES string of the molecule is C=C1N=C(N)C=CN1[C@@H]1O[C@H](COP(=O)(O)OC2(C(=O)O)CC(O)C(CC(=O)/C=[N+](\C)[O-])C([C@H](O)[C@H](O)CO)O2)[C@H](O)C1O. The molecule has 3 aliphatic heterocycles. The van der Waals surface area contributed by atoms with E-state index in [1.54, 1.807) is 0 Å². The van der Waals surface area contributed by atoms with Gasteiger partial charge < -0.3 is 66.0 Å². The monoisotopic (exact) mass is 654 g/mol. The van der Waals surface area contributed by atoms with E-state index in [2.05, 4.69) is 11.6 Å². The van der Waals surface area contributed by atoms with E-state index >= 15 is 0 Å². The number of rotatable bonds is 13. The van der Waals surface area contributed by atoms with Gasteiger partial charge in [0.15, 0.2) is 6.23 Å². The van der Waals surface area contributed by atoms with Crippen molar-refractivity contribution in [2.24, 2.45) is 16.6 Å². The number of carbonyl (C=O) groups excluding carboxylic acids is 1. The van der Waals surface area contributed by atoms with Gasteiger partial charge in [-0.15, -0.1) is 0 Å². The topological polar surface area (TPSA) is 318 Å². The average Bonchev–Trinajstić information content (AvgIpc) is 3.20. The molecule has 0 aliphatic carbocycles. The Hall–Kier alpha value is -2.85. The highest BCUT2D eigenvalue weighted by Crippen LogP contribution is 2.52. The Kier molecular flexibility index (Phi) is 11.4. The molecule has 0 aromatic carbocycles. The van der Waals surface area contributed by atoms with Gasteiger partial charge >= 0.3 is 13.8 Å². The van der Waals surface area contributed by atoms with Crippen molar-refractivity contribution < 1.29 is 78.1 Å². The number of nitrogens with zero attached hydrogens (tertiary/aromatic N) is 3. The van der Waals surface area contributed by atoms with Gasteiger partial charge in [0.05, 0.1) is 25.4 Å². The second-order valence-corrected chi connectivity index (χ2v) is 11.6. The van der Waals surface area contributed by atoms with Gasteiger partial charge in [-0.05, 0) is 6.08 Å². The maximum Gasteiger partial charge on any atom is 0.475 e. The van der Waals surface area contributed by atoms with E-state index < -0.39 is 106 Å². The fourth-order valence-corrected chi connectivity index (χ4v) is 5.78. The summed E-state index contributed by atoms with van der Waals surface area (Å²) in [4.78, 5) is 40.1. The maximum atomic E-state index is 12.9. The van der Waals surface area contributed by atoms with Crippen molar-refractivity contribution in [1.29, 1.82) is 0 Å². The first-order chi connectivity index (χ1) is 20.4. The summed E-state index contributed by atoms with van der Waals surface area (Å²) in [5.41, 5.74) is 5.58. The predicted molar refractivity (Wildman–Crippen MR) is 143 cm³/mol. The van der Waals surface area contributed by atoms with Gasteiger partial charge in [-0.3, -0.25) is 9.32 Å². The summed E-state index contributed by atoms with van der Waals surface area (Å²) in [5.74, 6) is -7.56. The summed E-state index contributed by atoms with van der Waals surface area (Å²) >= 11 is 0. The van der Waals surface area contributed by atoms with Crippen LogP contribution in [0, 0.1) is 11.1 Å². The van der Waals surface area contributed by atoms with E-state index in [0.29, 0.717) is 6.21 Å². The van der Waals surface area contributed by atoms with Crippen LogP contribution in [0.3, 0.4) is 0 Å². The number of phosphoric ester groups is 1. The highest BCUT2D eigenvalue weighted by atomic mass is 31.2. The van der Waals surface area contributed by atoms with Gasteiger partial charge in [0.25, 0.3) is 5.79 Å². The van der Waals surface area contributed by atoms with E-state index in [1.807, 2.05) is 0 Å². The lowest BCUT2D eigenvalue weighted by atomic mass is 9.80. The van der Waals surface area contributed by atoms with Crippen molar-refractivity contribution in [3.05, 3.63) is 29.9 Å². The molecule has 0 aromatic heterocycles. The highest BCUT2D eigenvalue weighted by molar-refractivity contribution is 7.47. The number of aliphatic carboxylic acids is 1. The third-order valence-corrected chi connectivity index (χ3v) is 7.97. The van der Waals surface area contributed by atoms with Gasteiger partial charge in [-0.2, -0.15) is 0 Å². The van der Waals surface area contributed by atoms with Crippen molar-refractivity contribution in [3.8, 4) is 0 Å². The zero-order chi connectivity index (χ0) is 33.1. The lowest BCUT2D eigenvalue weighted by Crippen LogP contribution is -2.61. The quantitative estimate of drug-likeness (QED) is 0.0298. The summed E-state index contributed by atoms with van der Waals surface area (Å²) in [6.07, 6.45) is -12.7. The molecule has 11 atom stereocenters. The summed E-state index contributed by atoms with van der Waals surface area (Å²) in [6.45, 7) is 1.61. The Balaban J connectivity index is 1.78. The molecule has 20 nitrogen and oxygen atoms in total. The van der Waals surface area contributed by atoms with Gasteiger partial charge in [0, 0.05) is 25.0 Å². The number of carboxylic acids is 1. The molecule has 3 heterocycles. The highest BCUT2D eigenvalue weighted by Gasteiger charge is 2.59. The number of hydrogen-bond donors (Lipinski definition) is 9. The Bertz CT molecular complexity index is 1240. The molecule has 0 bridgehead atoms. The summed E-state index contributed by atoms with van der Waals surface area (Å²) in [6, 6.07) is 0. The summed E-state index contributed by atoms with van der Waals surface area (Å²) < 4.78 is 33.6. The third-order valence-electron chi connectivity index (χ3n) is 6.97. The van der Waals surface area contributed by atoms with Crippen LogP contribution in [0.1, 0.15) is 12.8 Å². The normalized spacial score (nSPS) is 35.6. The number of amidine groups is 1. The molecule has 3 rings (SSSR count). The smallest absolute Gasteiger partial charge is 0.475 e. The van der Waals surface area contributed by atoms with Crippen molar-refractivity contribution in [2.45, 2.75) is 67.6 Å². The number of ether oxygens (including phenoxy) is 2. The first-order valence-corrected chi connectivity index (χ1v) is 14.4. The number of hydrogen-bond acceptors (Lipinski definition) is 17. The van der Waals surface area contributed by atoms with E-state index in [1.165, 1.54) is 17.2 Å². The molecule has 0 amide bonds. The van der Waals surface area contributed by atoms with Crippen LogP contribution in [0.15, 0.2) is 29.7 Å². The number of phosphoric acid groups is 1. The number of hydroxylamine groups is 1. The Morgan fingerprint density at radius 3 is 2.59 bits per heavy atom. The number of nitrogens with two attached hydrogens (primary N) is 1. The molecule has 2 fully saturated rings. The zero-order valence-electron chi connectivity index (χ0n) is 23.2. The first kappa shape index (κ1) is 35.6. The maximum absolute atomic E-state index is 12.9. The number of Topliss-reactive ketones (excluding diaryl/α,β-unsaturated/α-hetero) is 1. The van der Waals surface area contributed by atoms with Gasteiger partial charge in [0.1, 0.15) is 49.2 Å². The Labute approximate surface area is 249 Å². The molecule has 0 radical (unpaired) electrons. The molecule has 0 aromatic rings. The second-order valence-electron chi connectivity index (χ2n) is 10.2. The lowest BCUT2D eigenvalue weighted by Gasteiger charge is -2.46. The molecule has 248 valence electrons. The molecule has 21 heteroatoms. The van der Waals surface area contributed by atoms with Crippen LogP contribution in [0.5, 0.6) is 0 Å². The van der Waals surface area contributed by atoms with Crippen molar-refractivity contribution in [3.63, 3.8) is 0 Å². The van der Waals surface area contributed by atoms with Crippen molar-refractivity contribution in [1.82, 2.24) is 4.90 Å². The molecule has 0 spiro atoms. The molecular formula is C23H35N4O16P. The molecular weight excluding hydrogens is 619 g/mol. The van der Waals surface area contributed by atoms with Crippen LogP contribution in [0.25, 0.3) is 0 Å². The number of carboxylic acid groups (broad SMARTS) is 1. The summed E-state index contributed by atoms with van der Waals surface area (Å²) in [5, 5.41) is 82.7. The van der Waals surface area contributed by atoms with Crippen LogP contribution < -0.4 is 5.73 Å². The molecule has 6 unspecified atom stereocenters. The van der Waals surface area contributed by atoms with Crippen LogP contribution in [-0.4, -0.2) is 149 Å². The minimum atomic E-state index is -5.52. The number of ketones is 1. The summed E-state index contributed by atoms with van der Waals surface area (Å²) in [7, 11) is -4.53. The van der Waals surface area contributed by atoms with E-state index in [-0.39, 0.29) is 16.4 Å². The second kappa shape index (κ2) is 14.1.